The molecule has 2 aliphatic rings. The van der Waals surface area contributed by atoms with Gasteiger partial charge in [-0.05, 0) is 30.5 Å². The molecule has 1 aromatic carbocycles. The highest BCUT2D eigenvalue weighted by Gasteiger charge is 2.35. The van der Waals surface area contributed by atoms with E-state index in [9.17, 15) is 9.59 Å². The second-order valence-electron chi connectivity index (χ2n) is 6.48. The van der Waals surface area contributed by atoms with Gasteiger partial charge in [-0.3, -0.25) is 19.4 Å². The molecule has 4 rings (SSSR count). The van der Waals surface area contributed by atoms with Crippen molar-refractivity contribution in [3.05, 3.63) is 49.7 Å². The first-order valence-electron chi connectivity index (χ1n) is 8.14. The Balaban J connectivity index is 1.85. The second-order valence-corrected chi connectivity index (χ2v) is 7.33. The molecular weight excluding hydrogens is 349 g/mol. The molecule has 0 saturated heterocycles. The van der Waals surface area contributed by atoms with Gasteiger partial charge in [0, 0.05) is 22.4 Å². The largest absolute Gasteiger partial charge is 0.311 e. The number of aromatic amines is 1. The summed E-state index contributed by atoms with van der Waals surface area (Å²) in [6.45, 7) is 0. The summed E-state index contributed by atoms with van der Waals surface area (Å²) in [5.74, 6) is 0.133. The molecule has 7 heteroatoms. The molecule has 0 unspecified atom stereocenters. The van der Waals surface area contributed by atoms with Crippen LogP contribution in [0, 0.1) is 0 Å². The van der Waals surface area contributed by atoms with Crippen molar-refractivity contribution in [3.63, 3.8) is 0 Å². The smallest absolute Gasteiger partial charge is 0.270 e. The Hall–Kier alpha value is -1.72. The fraction of sp³-hybridized carbons (Fsp3) is 0.412. The molecule has 24 heavy (non-hydrogen) atoms. The number of hydrogen-bond acceptors (Lipinski definition) is 2. The molecule has 1 aliphatic carbocycles. The van der Waals surface area contributed by atoms with Crippen molar-refractivity contribution in [1.82, 2.24) is 9.78 Å². The molecule has 1 atom stereocenters. The highest BCUT2D eigenvalue weighted by Crippen LogP contribution is 2.41. The van der Waals surface area contributed by atoms with Gasteiger partial charge in [-0.15, -0.1) is 0 Å². The zero-order valence-corrected chi connectivity index (χ0v) is 14.5. The summed E-state index contributed by atoms with van der Waals surface area (Å²) in [7, 11) is 0. The van der Waals surface area contributed by atoms with Gasteiger partial charge in [-0.2, -0.15) is 0 Å². The standard InChI is InChI=1S/C17H17Cl2N3O2/c18-9-5-6-11(13(19)7-9)12-8-14(23)20-16-15(12)17(24)21-22(16)10-3-1-2-4-10/h5-7,10,12H,1-4,8H2,(H,20,23)(H,21,24)/t12-/m1/s1. The highest BCUT2D eigenvalue weighted by molar-refractivity contribution is 6.35. The predicted octanol–water partition coefficient (Wildman–Crippen LogP) is 4.07. The normalized spacial score (nSPS) is 20.9. The minimum Gasteiger partial charge on any atom is -0.311 e. The van der Waals surface area contributed by atoms with Crippen LogP contribution < -0.4 is 10.9 Å². The van der Waals surface area contributed by atoms with Gasteiger partial charge in [0.25, 0.3) is 5.56 Å². The number of anilines is 1. The molecule has 0 spiro atoms. The Labute approximate surface area is 148 Å². The number of amides is 1. The number of carbonyl (C=O) groups excluding carboxylic acids is 1. The average Bonchev–Trinajstić information content (AvgIpc) is 3.15. The number of fused-ring (bicyclic) bond motifs is 1. The highest BCUT2D eigenvalue weighted by atomic mass is 35.5. The van der Waals surface area contributed by atoms with E-state index in [0.29, 0.717) is 21.4 Å². The first-order valence-corrected chi connectivity index (χ1v) is 8.89. The maximum atomic E-state index is 12.6. The molecule has 2 N–H and O–H groups in total. The zero-order valence-electron chi connectivity index (χ0n) is 12.9. The van der Waals surface area contributed by atoms with Crippen molar-refractivity contribution in [2.75, 3.05) is 5.32 Å². The van der Waals surface area contributed by atoms with Gasteiger partial charge < -0.3 is 5.32 Å². The van der Waals surface area contributed by atoms with Crippen LogP contribution in [0.5, 0.6) is 0 Å². The van der Waals surface area contributed by atoms with Gasteiger partial charge in [-0.25, -0.2) is 0 Å². The van der Waals surface area contributed by atoms with Gasteiger partial charge in [0.2, 0.25) is 5.91 Å². The number of carbonyl (C=O) groups is 1. The molecule has 1 fully saturated rings. The Bertz CT molecular complexity index is 865. The molecule has 126 valence electrons. The van der Waals surface area contributed by atoms with Gasteiger partial charge in [0.1, 0.15) is 5.82 Å². The molecule has 5 nitrogen and oxygen atoms in total. The molecule has 0 radical (unpaired) electrons. The third-order valence-electron chi connectivity index (χ3n) is 4.99. The Kier molecular flexibility index (Phi) is 3.93. The molecule has 0 bridgehead atoms. The topological polar surface area (TPSA) is 66.9 Å². The van der Waals surface area contributed by atoms with E-state index in [1.54, 1.807) is 18.2 Å². The predicted molar refractivity (Wildman–Crippen MR) is 94.1 cm³/mol. The lowest BCUT2D eigenvalue weighted by Crippen LogP contribution is -2.27. The van der Waals surface area contributed by atoms with E-state index < -0.39 is 0 Å². The summed E-state index contributed by atoms with van der Waals surface area (Å²) >= 11 is 12.3. The molecular formula is C17H17Cl2N3O2. The van der Waals surface area contributed by atoms with E-state index in [0.717, 1.165) is 31.2 Å². The van der Waals surface area contributed by atoms with Gasteiger partial charge in [0.15, 0.2) is 0 Å². The van der Waals surface area contributed by atoms with Crippen LogP contribution in [0.1, 0.15) is 55.2 Å². The van der Waals surface area contributed by atoms with Crippen molar-refractivity contribution in [3.8, 4) is 0 Å². The number of rotatable bonds is 2. The maximum Gasteiger partial charge on any atom is 0.270 e. The fourth-order valence-electron chi connectivity index (χ4n) is 3.87. The number of nitrogens with one attached hydrogen (secondary N) is 2. The van der Waals surface area contributed by atoms with E-state index in [2.05, 4.69) is 10.4 Å². The molecule has 2 aromatic rings. The Morgan fingerprint density at radius 1 is 1.12 bits per heavy atom. The lowest BCUT2D eigenvalue weighted by molar-refractivity contribution is -0.116. The van der Waals surface area contributed by atoms with E-state index in [1.165, 1.54) is 0 Å². The zero-order chi connectivity index (χ0) is 16.8. The third kappa shape index (κ3) is 2.56. The average molecular weight is 366 g/mol. The van der Waals surface area contributed by atoms with Crippen molar-refractivity contribution in [1.29, 1.82) is 0 Å². The van der Waals surface area contributed by atoms with Crippen LogP contribution in [0.3, 0.4) is 0 Å². The van der Waals surface area contributed by atoms with E-state index in [1.807, 2.05) is 4.68 Å². The van der Waals surface area contributed by atoms with Crippen LogP contribution in [0.15, 0.2) is 23.0 Å². The SMILES string of the molecule is O=C1C[C@H](c2ccc(Cl)cc2Cl)c2c(n(C3CCCC3)[nH]c2=O)N1. The van der Waals surface area contributed by atoms with Gasteiger partial charge in [0.05, 0.1) is 11.6 Å². The van der Waals surface area contributed by atoms with Crippen LogP contribution in [0.4, 0.5) is 5.82 Å². The van der Waals surface area contributed by atoms with E-state index >= 15 is 0 Å². The van der Waals surface area contributed by atoms with Gasteiger partial charge >= 0.3 is 0 Å². The number of benzene rings is 1. The Morgan fingerprint density at radius 3 is 2.58 bits per heavy atom. The lowest BCUT2D eigenvalue weighted by atomic mass is 9.87. The summed E-state index contributed by atoms with van der Waals surface area (Å²) in [6.07, 6.45) is 4.50. The minimum absolute atomic E-state index is 0.107. The van der Waals surface area contributed by atoms with Gasteiger partial charge in [-0.1, -0.05) is 42.1 Å². The van der Waals surface area contributed by atoms with Crippen LogP contribution in [-0.2, 0) is 4.79 Å². The summed E-state index contributed by atoms with van der Waals surface area (Å²) in [5.41, 5.74) is 1.19. The second kappa shape index (κ2) is 5.97. The molecule has 2 heterocycles. The number of hydrogen-bond donors (Lipinski definition) is 2. The quantitative estimate of drug-likeness (QED) is 0.841. The minimum atomic E-state index is -0.357. The molecule has 1 aliphatic heterocycles. The van der Waals surface area contributed by atoms with Crippen molar-refractivity contribution in [2.24, 2.45) is 0 Å². The molecule has 1 aromatic heterocycles. The summed E-state index contributed by atoms with van der Waals surface area (Å²) < 4.78 is 1.85. The number of aromatic nitrogens is 2. The van der Waals surface area contributed by atoms with E-state index in [-0.39, 0.29) is 29.8 Å². The van der Waals surface area contributed by atoms with Crippen molar-refractivity contribution >= 4 is 34.9 Å². The van der Waals surface area contributed by atoms with Crippen LogP contribution in [0.25, 0.3) is 0 Å². The molecule has 1 saturated carbocycles. The van der Waals surface area contributed by atoms with Crippen molar-refractivity contribution < 1.29 is 4.79 Å². The number of H-pyrrole nitrogens is 1. The summed E-state index contributed by atoms with van der Waals surface area (Å²) in [4.78, 5) is 24.9. The van der Waals surface area contributed by atoms with E-state index in [4.69, 9.17) is 23.2 Å². The fourth-order valence-corrected chi connectivity index (χ4v) is 4.41. The summed E-state index contributed by atoms with van der Waals surface area (Å²) in [6, 6.07) is 5.41. The monoisotopic (exact) mass is 365 g/mol. The lowest BCUT2D eigenvalue weighted by Gasteiger charge is -2.25. The first kappa shape index (κ1) is 15.8. The maximum absolute atomic E-state index is 12.6. The summed E-state index contributed by atoms with van der Waals surface area (Å²) in [5, 5.41) is 6.81. The number of nitrogens with zero attached hydrogens (tertiary/aromatic N) is 1. The Morgan fingerprint density at radius 2 is 1.88 bits per heavy atom. The first-order chi connectivity index (χ1) is 11.5. The van der Waals surface area contributed by atoms with Crippen LogP contribution in [-0.4, -0.2) is 15.7 Å². The number of halogens is 2. The molecule has 1 amide bonds. The van der Waals surface area contributed by atoms with Crippen LogP contribution >= 0.6 is 23.2 Å². The van der Waals surface area contributed by atoms with Crippen LogP contribution in [0.2, 0.25) is 10.0 Å². The van der Waals surface area contributed by atoms with Crippen molar-refractivity contribution in [2.45, 2.75) is 44.1 Å². The third-order valence-corrected chi connectivity index (χ3v) is 5.55.